The highest BCUT2D eigenvalue weighted by Crippen LogP contribution is 2.24. The van der Waals surface area contributed by atoms with Gasteiger partial charge in [0.2, 0.25) is 11.5 Å². The summed E-state index contributed by atoms with van der Waals surface area (Å²) in [5.74, 6) is 0.142. The molecule has 5 aromatic rings. The van der Waals surface area contributed by atoms with Gasteiger partial charge in [0.05, 0.1) is 23.4 Å². The summed E-state index contributed by atoms with van der Waals surface area (Å²) in [5.41, 5.74) is 3.54. The molecular weight excluding hydrogens is 400 g/mol. The van der Waals surface area contributed by atoms with E-state index in [2.05, 4.69) is 30.9 Å². The minimum atomic E-state index is -0.389. The van der Waals surface area contributed by atoms with Crippen LogP contribution in [-0.2, 0) is 0 Å². The van der Waals surface area contributed by atoms with Crippen LogP contribution < -0.4 is 10.6 Å². The van der Waals surface area contributed by atoms with Crippen LogP contribution >= 0.6 is 0 Å². The van der Waals surface area contributed by atoms with E-state index < -0.39 is 0 Å². The minimum absolute atomic E-state index is 0.126. The van der Waals surface area contributed by atoms with Crippen LogP contribution in [0.3, 0.4) is 0 Å². The van der Waals surface area contributed by atoms with E-state index in [1.807, 2.05) is 12.1 Å². The van der Waals surface area contributed by atoms with Crippen molar-refractivity contribution in [2.45, 2.75) is 0 Å². The zero-order chi connectivity index (χ0) is 21.2. The number of fused-ring (bicyclic) bond motifs is 1. The number of imidazole rings is 1. The zero-order valence-electron chi connectivity index (χ0n) is 15.8. The predicted octanol–water partition coefficient (Wildman–Crippen LogP) is 3.71. The Kier molecular flexibility index (Phi) is 4.49. The molecule has 0 saturated heterocycles. The zero-order valence-corrected chi connectivity index (χ0v) is 15.8. The second-order valence-electron chi connectivity index (χ2n) is 6.56. The number of H-pyrrole nitrogens is 1. The SMILES string of the molecule is O=C(Nc1ccc(-c2nc3ccc(NC(=O)c4ccno4)cc3[nH]2)cc1)c1ccno1. The van der Waals surface area contributed by atoms with Crippen LogP contribution in [0.1, 0.15) is 21.1 Å². The van der Waals surface area contributed by atoms with Gasteiger partial charge in [-0.1, -0.05) is 10.3 Å². The fourth-order valence-corrected chi connectivity index (χ4v) is 2.99. The Balaban J connectivity index is 1.33. The third-order valence-corrected chi connectivity index (χ3v) is 4.48. The molecule has 0 radical (unpaired) electrons. The van der Waals surface area contributed by atoms with Crippen molar-refractivity contribution in [1.82, 2.24) is 20.3 Å². The van der Waals surface area contributed by atoms with Crippen LogP contribution in [0.2, 0.25) is 0 Å². The molecule has 152 valence electrons. The number of nitrogens with zero attached hydrogens (tertiary/aromatic N) is 3. The average molecular weight is 414 g/mol. The average Bonchev–Trinajstić information content (AvgIpc) is 3.55. The van der Waals surface area contributed by atoms with Crippen LogP contribution in [0.5, 0.6) is 0 Å². The summed E-state index contributed by atoms with van der Waals surface area (Å²) < 4.78 is 9.69. The van der Waals surface area contributed by atoms with E-state index in [-0.39, 0.29) is 23.3 Å². The smallest absolute Gasteiger partial charge is 0.294 e. The Morgan fingerprint density at radius 1 is 0.774 bits per heavy atom. The lowest BCUT2D eigenvalue weighted by molar-refractivity contribution is 0.0980. The number of nitrogens with one attached hydrogen (secondary N) is 3. The van der Waals surface area contributed by atoms with Crippen LogP contribution in [0, 0.1) is 0 Å². The maximum Gasteiger partial charge on any atom is 0.294 e. The van der Waals surface area contributed by atoms with E-state index in [4.69, 9.17) is 9.05 Å². The molecule has 0 aliphatic rings. The number of hydrogen-bond donors (Lipinski definition) is 3. The molecule has 0 bridgehead atoms. The number of amides is 2. The lowest BCUT2D eigenvalue weighted by atomic mass is 10.2. The minimum Gasteiger partial charge on any atom is -0.351 e. The number of aromatic amines is 1. The summed E-state index contributed by atoms with van der Waals surface area (Å²) in [4.78, 5) is 32.0. The van der Waals surface area contributed by atoms with Crippen molar-refractivity contribution in [3.05, 3.63) is 78.5 Å². The molecule has 10 nitrogen and oxygen atoms in total. The third kappa shape index (κ3) is 3.77. The van der Waals surface area contributed by atoms with Crippen molar-refractivity contribution in [2.24, 2.45) is 0 Å². The molecule has 0 saturated carbocycles. The molecule has 10 heteroatoms. The first kappa shape index (κ1) is 18.3. The second-order valence-corrected chi connectivity index (χ2v) is 6.56. The van der Waals surface area contributed by atoms with Gasteiger partial charge in [-0.15, -0.1) is 0 Å². The number of anilines is 2. The topological polar surface area (TPSA) is 139 Å². The number of carbonyl (C=O) groups is 2. The molecule has 2 amide bonds. The van der Waals surface area contributed by atoms with Gasteiger partial charge in [0.25, 0.3) is 11.8 Å². The van der Waals surface area contributed by atoms with Gasteiger partial charge in [0.15, 0.2) is 0 Å². The first-order valence-electron chi connectivity index (χ1n) is 9.20. The predicted molar refractivity (Wildman–Crippen MR) is 110 cm³/mol. The van der Waals surface area contributed by atoms with E-state index in [9.17, 15) is 9.59 Å². The number of carbonyl (C=O) groups excluding carboxylic acids is 2. The van der Waals surface area contributed by atoms with Gasteiger partial charge in [0, 0.05) is 29.1 Å². The van der Waals surface area contributed by atoms with Gasteiger partial charge >= 0.3 is 0 Å². The van der Waals surface area contributed by atoms with Crippen LogP contribution in [-0.4, -0.2) is 32.1 Å². The normalized spacial score (nSPS) is 10.8. The Hall–Kier alpha value is -4.73. The van der Waals surface area contributed by atoms with Crippen molar-refractivity contribution in [1.29, 1.82) is 0 Å². The van der Waals surface area contributed by atoms with Gasteiger partial charge < -0.3 is 24.7 Å². The molecule has 31 heavy (non-hydrogen) atoms. The van der Waals surface area contributed by atoms with E-state index in [1.54, 1.807) is 30.3 Å². The Morgan fingerprint density at radius 2 is 1.39 bits per heavy atom. The summed E-state index contributed by atoms with van der Waals surface area (Å²) in [6.07, 6.45) is 2.81. The van der Waals surface area contributed by atoms with Crippen molar-refractivity contribution in [3.8, 4) is 11.4 Å². The van der Waals surface area contributed by atoms with E-state index in [0.29, 0.717) is 17.2 Å². The standard InChI is InChI=1S/C21H14N6O4/c28-20(17-7-9-22-30-17)24-13-3-1-12(2-4-13)19-26-15-6-5-14(11-16(15)27-19)25-21(29)18-8-10-23-31-18/h1-11H,(H,24,28)(H,25,29)(H,26,27). The highest BCUT2D eigenvalue weighted by atomic mass is 16.5. The van der Waals surface area contributed by atoms with E-state index >= 15 is 0 Å². The fraction of sp³-hybridized carbons (Fsp3) is 0. The number of aromatic nitrogens is 4. The lowest BCUT2D eigenvalue weighted by Crippen LogP contribution is -2.10. The summed E-state index contributed by atoms with van der Waals surface area (Å²) in [7, 11) is 0. The van der Waals surface area contributed by atoms with E-state index in [1.165, 1.54) is 24.5 Å². The molecule has 5 rings (SSSR count). The van der Waals surface area contributed by atoms with Crippen LogP contribution in [0.15, 0.2) is 76.0 Å². The lowest BCUT2D eigenvalue weighted by Gasteiger charge is -2.03. The maximum absolute atomic E-state index is 12.1. The summed E-state index contributed by atoms with van der Waals surface area (Å²) in [6.45, 7) is 0. The van der Waals surface area contributed by atoms with Crippen molar-refractivity contribution in [2.75, 3.05) is 10.6 Å². The molecule has 2 aromatic carbocycles. The Bertz CT molecular complexity index is 1360. The van der Waals surface area contributed by atoms with Crippen molar-refractivity contribution in [3.63, 3.8) is 0 Å². The molecular formula is C21H14N6O4. The van der Waals surface area contributed by atoms with Gasteiger partial charge in [0.1, 0.15) is 5.82 Å². The second kappa shape index (κ2) is 7.59. The van der Waals surface area contributed by atoms with E-state index in [0.717, 1.165) is 16.6 Å². The van der Waals surface area contributed by atoms with Crippen LogP contribution in [0.4, 0.5) is 11.4 Å². The molecule has 0 atom stereocenters. The molecule has 0 fully saturated rings. The monoisotopic (exact) mass is 414 g/mol. The molecule has 3 aromatic heterocycles. The number of benzene rings is 2. The maximum atomic E-state index is 12.1. The van der Waals surface area contributed by atoms with Gasteiger partial charge in [-0.2, -0.15) is 0 Å². The molecule has 0 aliphatic heterocycles. The first-order chi connectivity index (χ1) is 15.2. The molecule has 3 N–H and O–H groups in total. The summed E-state index contributed by atoms with van der Waals surface area (Å²) in [5, 5.41) is 12.5. The highest BCUT2D eigenvalue weighted by molar-refractivity contribution is 6.03. The number of hydrogen-bond acceptors (Lipinski definition) is 7. The molecule has 3 heterocycles. The van der Waals surface area contributed by atoms with Gasteiger partial charge in [-0.25, -0.2) is 4.98 Å². The van der Waals surface area contributed by atoms with Gasteiger partial charge in [-0.05, 0) is 42.5 Å². The number of rotatable bonds is 5. The molecule has 0 aliphatic carbocycles. The molecule has 0 unspecified atom stereocenters. The largest absolute Gasteiger partial charge is 0.351 e. The van der Waals surface area contributed by atoms with Crippen LogP contribution in [0.25, 0.3) is 22.4 Å². The Labute approximate surface area is 174 Å². The highest BCUT2D eigenvalue weighted by Gasteiger charge is 2.13. The first-order valence-corrected chi connectivity index (χ1v) is 9.20. The fourth-order valence-electron chi connectivity index (χ4n) is 2.99. The van der Waals surface area contributed by atoms with Crippen molar-refractivity contribution >= 4 is 34.2 Å². The van der Waals surface area contributed by atoms with Gasteiger partial charge in [-0.3, -0.25) is 9.59 Å². The Morgan fingerprint density at radius 3 is 2.00 bits per heavy atom. The summed E-state index contributed by atoms with van der Waals surface area (Å²) >= 11 is 0. The summed E-state index contributed by atoms with van der Waals surface area (Å²) in [6, 6.07) is 15.5. The third-order valence-electron chi connectivity index (χ3n) is 4.48. The molecule has 0 spiro atoms. The van der Waals surface area contributed by atoms with Crippen molar-refractivity contribution < 1.29 is 18.6 Å². The quantitative estimate of drug-likeness (QED) is 0.398.